The summed E-state index contributed by atoms with van der Waals surface area (Å²) in [6.45, 7) is 5.63. The molecular weight excluding hydrogens is 160 g/mol. The van der Waals surface area contributed by atoms with E-state index in [1.54, 1.807) is 11.9 Å². The molecular formula is C6H12N4O2. The minimum Gasteiger partial charge on any atom is -0.265 e. The first-order valence-electron chi connectivity index (χ1n) is 3.79. The van der Waals surface area contributed by atoms with Gasteiger partial charge in [0, 0.05) is 6.04 Å². The van der Waals surface area contributed by atoms with Gasteiger partial charge < -0.3 is 0 Å². The van der Waals surface area contributed by atoms with Crippen molar-refractivity contribution in [2.75, 3.05) is 0 Å². The fraction of sp³-hybridized carbons (Fsp3) is 0.833. The fourth-order valence-corrected chi connectivity index (χ4v) is 1.17. The van der Waals surface area contributed by atoms with Gasteiger partial charge in [-0.05, 0) is 20.8 Å². The van der Waals surface area contributed by atoms with E-state index in [1.165, 1.54) is 6.34 Å². The van der Waals surface area contributed by atoms with Crippen LogP contribution in [0, 0.1) is 10.1 Å². The second-order valence-electron chi connectivity index (χ2n) is 2.95. The molecule has 12 heavy (non-hydrogen) atoms. The molecule has 0 fully saturated rings. The smallest absolute Gasteiger partial charge is 0.180 e. The molecule has 1 rings (SSSR count). The van der Waals surface area contributed by atoms with Crippen molar-refractivity contribution in [2.24, 2.45) is 5.10 Å². The molecule has 1 aliphatic heterocycles. The molecule has 0 saturated heterocycles. The lowest BCUT2D eigenvalue weighted by Gasteiger charge is -2.24. The zero-order chi connectivity index (χ0) is 9.30. The van der Waals surface area contributed by atoms with Crippen LogP contribution in [0.4, 0.5) is 0 Å². The summed E-state index contributed by atoms with van der Waals surface area (Å²) < 4.78 is 0. The average molecular weight is 172 g/mol. The Hall–Kier alpha value is -1.33. The number of hydrogen-bond donors (Lipinski definition) is 0. The zero-order valence-electron chi connectivity index (χ0n) is 7.34. The van der Waals surface area contributed by atoms with Crippen LogP contribution in [-0.2, 0) is 0 Å². The Morgan fingerprint density at radius 3 is 2.50 bits per heavy atom. The van der Waals surface area contributed by atoms with E-state index in [9.17, 15) is 10.1 Å². The van der Waals surface area contributed by atoms with Gasteiger partial charge in [-0.25, -0.2) is 10.1 Å². The van der Waals surface area contributed by atoms with Crippen molar-refractivity contribution in [3.8, 4) is 0 Å². The Morgan fingerprint density at radius 2 is 2.25 bits per heavy atom. The summed E-state index contributed by atoms with van der Waals surface area (Å²) in [5.74, 6) is 0. The maximum Gasteiger partial charge on any atom is 0.180 e. The topological polar surface area (TPSA) is 62.0 Å². The second-order valence-corrected chi connectivity index (χ2v) is 2.95. The Kier molecular flexibility index (Phi) is 2.16. The number of nitro groups is 1. The van der Waals surface area contributed by atoms with Gasteiger partial charge in [0.1, 0.15) is 0 Å². The molecule has 0 aromatic rings. The molecule has 0 N–H and O–H groups in total. The van der Waals surface area contributed by atoms with Crippen LogP contribution in [0.15, 0.2) is 5.10 Å². The number of hydrazone groups is 1. The third-order valence-corrected chi connectivity index (χ3v) is 1.79. The van der Waals surface area contributed by atoms with E-state index < -0.39 is 5.03 Å². The van der Waals surface area contributed by atoms with Crippen molar-refractivity contribution >= 4 is 6.34 Å². The average Bonchev–Trinajstić information content (AvgIpc) is 2.30. The first-order valence-corrected chi connectivity index (χ1v) is 3.79. The number of nitrogens with zero attached hydrogens (tertiary/aromatic N) is 4. The highest BCUT2D eigenvalue weighted by atomic mass is 16.7. The normalized spacial score (nSPS) is 22.5. The van der Waals surface area contributed by atoms with Crippen LogP contribution >= 0.6 is 0 Å². The molecule has 1 aliphatic rings. The molecule has 0 aliphatic carbocycles. The van der Waals surface area contributed by atoms with Gasteiger partial charge in [-0.1, -0.05) is 5.01 Å². The highest BCUT2D eigenvalue weighted by Gasteiger charge is 2.32. The van der Waals surface area contributed by atoms with Crippen molar-refractivity contribution in [1.82, 2.24) is 10.0 Å². The molecule has 0 radical (unpaired) electrons. The molecule has 68 valence electrons. The van der Waals surface area contributed by atoms with Gasteiger partial charge in [0.15, 0.2) is 17.5 Å². The Balaban J connectivity index is 2.68. The molecule has 6 heteroatoms. The lowest BCUT2D eigenvalue weighted by atomic mass is 10.3. The zero-order valence-corrected chi connectivity index (χ0v) is 7.34. The predicted molar refractivity (Wildman–Crippen MR) is 43.8 cm³/mol. The van der Waals surface area contributed by atoms with E-state index >= 15 is 0 Å². The molecule has 1 heterocycles. The van der Waals surface area contributed by atoms with Crippen LogP contribution in [0.25, 0.3) is 0 Å². The highest BCUT2D eigenvalue weighted by Crippen LogP contribution is 2.14. The maximum absolute atomic E-state index is 10.4. The van der Waals surface area contributed by atoms with Crippen molar-refractivity contribution in [3.05, 3.63) is 10.1 Å². The molecule has 0 saturated carbocycles. The summed E-state index contributed by atoms with van der Waals surface area (Å²) in [7, 11) is 0. The first-order chi connectivity index (χ1) is 5.54. The lowest BCUT2D eigenvalue weighted by molar-refractivity contribution is -0.637. The Labute approximate surface area is 70.6 Å². The molecule has 0 spiro atoms. The summed E-state index contributed by atoms with van der Waals surface area (Å²) >= 11 is 0. The van der Waals surface area contributed by atoms with Crippen molar-refractivity contribution < 1.29 is 5.03 Å². The number of rotatable bonds is 2. The summed E-state index contributed by atoms with van der Waals surface area (Å²) in [4.78, 5) is 10.4. The minimum absolute atomic E-state index is 0.182. The first kappa shape index (κ1) is 8.76. The summed E-state index contributed by atoms with van der Waals surface area (Å²) in [6, 6.07) is 0.182. The minimum atomic E-state index is -0.462. The molecule has 0 aromatic carbocycles. The molecule has 1 atom stereocenters. The van der Waals surface area contributed by atoms with Gasteiger partial charge in [-0.3, -0.25) is 5.01 Å². The molecule has 1 unspecified atom stereocenters. The Bertz CT molecular complexity index is 216. The van der Waals surface area contributed by atoms with Gasteiger partial charge in [-0.2, -0.15) is 5.10 Å². The van der Waals surface area contributed by atoms with Gasteiger partial charge in [0.25, 0.3) is 0 Å². The molecule has 0 bridgehead atoms. The van der Waals surface area contributed by atoms with Crippen LogP contribution < -0.4 is 0 Å². The number of hydrogen-bond acceptors (Lipinski definition) is 4. The van der Waals surface area contributed by atoms with E-state index in [2.05, 4.69) is 5.10 Å². The summed E-state index contributed by atoms with van der Waals surface area (Å²) in [5, 5.41) is 16.5. The second kappa shape index (κ2) is 2.96. The van der Waals surface area contributed by atoms with Gasteiger partial charge in [0.2, 0.25) is 0 Å². The highest BCUT2D eigenvalue weighted by molar-refractivity contribution is 5.55. The van der Waals surface area contributed by atoms with E-state index in [4.69, 9.17) is 0 Å². The van der Waals surface area contributed by atoms with E-state index in [0.717, 1.165) is 5.01 Å². The standard InChI is InChI=1S/C6H12N4O2/c1-5(2)9-6(3)8(4-7-9)10(11)12/h4-6H,1-3H3. The SMILES string of the molecule is CC(C)N1N=CN([N+](=O)[O-])C1C. The molecule has 0 amide bonds. The van der Waals surface area contributed by atoms with Crippen molar-refractivity contribution in [3.63, 3.8) is 0 Å². The van der Waals surface area contributed by atoms with Crippen LogP contribution in [0.2, 0.25) is 0 Å². The monoisotopic (exact) mass is 172 g/mol. The maximum atomic E-state index is 10.4. The van der Waals surface area contributed by atoms with Gasteiger partial charge in [-0.15, -0.1) is 0 Å². The third kappa shape index (κ3) is 1.32. The van der Waals surface area contributed by atoms with E-state index in [-0.39, 0.29) is 12.2 Å². The van der Waals surface area contributed by atoms with E-state index in [1.807, 2.05) is 13.8 Å². The van der Waals surface area contributed by atoms with Gasteiger partial charge in [0.05, 0.1) is 0 Å². The van der Waals surface area contributed by atoms with Gasteiger partial charge >= 0.3 is 0 Å². The van der Waals surface area contributed by atoms with Crippen molar-refractivity contribution in [1.29, 1.82) is 0 Å². The largest absolute Gasteiger partial charge is 0.265 e. The van der Waals surface area contributed by atoms with Crippen LogP contribution in [0.3, 0.4) is 0 Å². The predicted octanol–water partition coefficient (Wildman–Crippen LogP) is 0.493. The number of hydrazine groups is 1. The molecule has 0 aromatic heterocycles. The lowest BCUT2D eigenvalue weighted by Crippen LogP contribution is -2.42. The summed E-state index contributed by atoms with van der Waals surface area (Å²) in [6.07, 6.45) is 0.949. The Morgan fingerprint density at radius 1 is 1.67 bits per heavy atom. The third-order valence-electron chi connectivity index (χ3n) is 1.79. The van der Waals surface area contributed by atoms with E-state index in [0.29, 0.717) is 0 Å². The quantitative estimate of drug-likeness (QED) is 0.449. The summed E-state index contributed by atoms with van der Waals surface area (Å²) in [5.41, 5.74) is 0. The van der Waals surface area contributed by atoms with Crippen LogP contribution in [0.5, 0.6) is 0 Å². The van der Waals surface area contributed by atoms with Crippen LogP contribution in [0.1, 0.15) is 20.8 Å². The van der Waals surface area contributed by atoms with Crippen LogP contribution in [-0.4, -0.2) is 33.6 Å². The fourth-order valence-electron chi connectivity index (χ4n) is 1.17. The van der Waals surface area contributed by atoms with Crippen molar-refractivity contribution in [2.45, 2.75) is 33.0 Å². The molecule has 6 nitrogen and oxygen atoms in total.